The molecule has 0 radical (unpaired) electrons. The molecule has 1 aliphatic rings. The second-order valence-electron chi connectivity index (χ2n) is 7.27. The maximum Gasteiger partial charge on any atom is 0.409 e. The van der Waals surface area contributed by atoms with Crippen LogP contribution in [0.4, 0.5) is 9.18 Å². The average molecular weight is 507 g/mol. The average Bonchev–Trinajstić information content (AvgIpc) is 2.89. The normalized spacial score (nSPS) is 16.7. The number of nitrogens with zero attached hydrogens (tertiary/aromatic N) is 3. The number of nitrogens with one attached hydrogen (secondary N) is 1. The van der Waals surface area contributed by atoms with Gasteiger partial charge in [-0.25, -0.2) is 23.2 Å². The summed E-state index contributed by atoms with van der Waals surface area (Å²) in [6, 6.07) is 10.6. The third-order valence-electron chi connectivity index (χ3n) is 5.04. The molecule has 1 fully saturated rings. The summed E-state index contributed by atoms with van der Waals surface area (Å²) in [5.41, 5.74) is 1.94. The molecule has 0 bridgehead atoms. The molecule has 0 aromatic heterocycles. The summed E-state index contributed by atoms with van der Waals surface area (Å²) < 4.78 is 44.5. The Morgan fingerprint density at radius 2 is 1.97 bits per heavy atom. The Balaban J connectivity index is 1.72. The summed E-state index contributed by atoms with van der Waals surface area (Å²) in [6.45, 7) is 0.109. The van der Waals surface area contributed by atoms with Gasteiger partial charge in [0.25, 0.3) is 5.91 Å². The molecule has 186 valence electrons. The summed E-state index contributed by atoms with van der Waals surface area (Å²) >= 11 is 0. The first-order chi connectivity index (χ1) is 16.9. The quantitative estimate of drug-likeness (QED) is 0.314. The fourth-order valence-electron chi connectivity index (χ4n) is 3.26. The van der Waals surface area contributed by atoms with E-state index in [4.69, 9.17) is 24.7 Å². The van der Waals surface area contributed by atoms with Crippen molar-refractivity contribution in [1.82, 2.24) is 14.7 Å². The van der Waals surface area contributed by atoms with Gasteiger partial charge in [-0.05, 0) is 42.5 Å². The van der Waals surface area contributed by atoms with Gasteiger partial charge in [-0.2, -0.15) is 5.26 Å². The van der Waals surface area contributed by atoms with Gasteiger partial charge in [0.05, 0.1) is 23.1 Å². The predicted octanol–water partition coefficient (Wildman–Crippen LogP) is 1.79. The molecule has 2 aromatic rings. The summed E-state index contributed by atoms with van der Waals surface area (Å²) in [5, 5.41) is 18.0. The molecule has 0 spiro atoms. The lowest BCUT2D eigenvalue weighted by Gasteiger charge is -2.38. The number of hydrogen-bond acceptors (Lipinski definition) is 8. The lowest BCUT2D eigenvalue weighted by Crippen LogP contribution is -2.60. The number of hydroxylamine groups is 1. The molecule has 11 nitrogen and oxygen atoms in total. The zero-order valence-corrected chi connectivity index (χ0v) is 19.5. The van der Waals surface area contributed by atoms with Gasteiger partial charge < -0.3 is 19.1 Å². The van der Waals surface area contributed by atoms with Crippen molar-refractivity contribution in [1.29, 1.82) is 5.26 Å². The van der Waals surface area contributed by atoms with Crippen molar-refractivity contribution in [2.75, 3.05) is 40.0 Å². The standard InChI is InChI=1S/C22H23FN4O7S/c1-32-10-11-33-22(29)26-8-9-27(19(14-26)21(28)25-30)35(31)17-6-7-20(18(23)12-17)34-16-4-2-15(13-24)3-5-16/h2-7,12,19,30H,8-11,14H2,1H3,(H,25,28)/t19-,35?/m1/s1. The van der Waals surface area contributed by atoms with Crippen LogP contribution in [0.5, 0.6) is 11.5 Å². The Labute approximate surface area is 203 Å². The number of halogens is 1. The molecule has 1 saturated heterocycles. The third-order valence-corrected chi connectivity index (χ3v) is 6.56. The van der Waals surface area contributed by atoms with E-state index in [0.29, 0.717) is 11.3 Å². The maximum absolute atomic E-state index is 14.7. The third kappa shape index (κ3) is 6.52. The number of ether oxygens (including phenoxy) is 3. The molecule has 2 atom stereocenters. The van der Waals surface area contributed by atoms with Gasteiger partial charge in [0.2, 0.25) is 0 Å². The highest BCUT2D eigenvalue weighted by Gasteiger charge is 2.38. The Morgan fingerprint density at radius 1 is 1.23 bits per heavy atom. The van der Waals surface area contributed by atoms with Crippen LogP contribution in [0.2, 0.25) is 0 Å². The fraction of sp³-hybridized carbons (Fsp3) is 0.318. The summed E-state index contributed by atoms with van der Waals surface area (Å²) in [7, 11) is -0.539. The van der Waals surface area contributed by atoms with Crippen LogP contribution in [0.3, 0.4) is 0 Å². The molecule has 13 heteroatoms. The van der Waals surface area contributed by atoms with E-state index in [1.54, 1.807) is 0 Å². The molecule has 3 rings (SSSR count). The van der Waals surface area contributed by atoms with E-state index in [0.717, 1.165) is 6.07 Å². The van der Waals surface area contributed by atoms with Crippen molar-refractivity contribution < 1.29 is 37.6 Å². The van der Waals surface area contributed by atoms with Crippen LogP contribution in [-0.4, -0.2) is 76.6 Å². The molecule has 1 aliphatic heterocycles. The first kappa shape index (κ1) is 26.0. The maximum atomic E-state index is 14.7. The van der Waals surface area contributed by atoms with Crippen molar-refractivity contribution in [2.45, 2.75) is 10.9 Å². The molecule has 1 unspecified atom stereocenters. The number of methoxy groups -OCH3 is 1. The number of hydrogen-bond donors (Lipinski definition) is 2. The van der Waals surface area contributed by atoms with Crippen LogP contribution in [0.1, 0.15) is 5.56 Å². The highest BCUT2D eigenvalue weighted by atomic mass is 32.2. The fourth-order valence-corrected chi connectivity index (χ4v) is 4.56. The number of amides is 2. The molecular formula is C22H23FN4O7S. The Morgan fingerprint density at radius 3 is 2.60 bits per heavy atom. The van der Waals surface area contributed by atoms with Gasteiger partial charge in [0.15, 0.2) is 11.6 Å². The van der Waals surface area contributed by atoms with E-state index < -0.39 is 34.8 Å². The van der Waals surface area contributed by atoms with E-state index in [2.05, 4.69) is 0 Å². The van der Waals surface area contributed by atoms with Gasteiger partial charge in [0.1, 0.15) is 29.4 Å². The SMILES string of the molecule is COCCOC(=O)N1CCN(S(=O)c2ccc(Oc3ccc(C#N)cc3)c(F)c2)[C@@H](C(=O)NO)C1. The van der Waals surface area contributed by atoms with Gasteiger partial charge in [-0.3, -0.25) is 10.0 Å². The number of carbonyl (C=O) groups excluding carboxylic acids is 2. The Bertz CT molecular complexity index is 1130. The molecule has 0 aliphatic carbocycles. The van der Waals surface area contributed by atoms with Crippen molar-refractivity contribution in [3.05, 3.63) is 53.8 Å². The minimum absolute atomic E-state index is 0.00477. The largest absolute Gasteiger partial charge is 0.454 e. The van der Waals surface area contributed by atoms with E-state index in [-0.39, 0.29) is 43.5 Å². The molecule has 1 heterocycles. The van der Waals surface area contributed by atoms with Crippen molar-refractivity contribution >= 4 is 23.0 Å². The van der Waals surface area contributed by atoms with Gasteiger partial charge in [0, 0.05) is 26.7 Å². The zero-order chi connectivity index (χ0) is 25.4. The summed E-state index contributed by atoms with van der Waals surface area (Å²) in [4.78, 5) is 25.8. The first-order valence-corrected chi connectivity index (χ1v) is 11.5. The van der Waals surface area contributed by atoms with Crippen molar-refractivity contribution in [3.8, 4) is 17.6 Å². The number of rotatable bonds is 8. The lowest BCUT2D eigenvalue weighted by molar-refractivity contribution is -0.134. The lowest BCUT2D eigenvalue weighted by atomic mass is 10.2. The van der Waals surface area contributed by atoms with E-state index in [1.807, 2.05) is 6.07 Å². The number of benzene rings is 2. The van der Waals surface area contributed by atoms with Gasteiger partial charge in [-0.1, -0.05) is 0 Å². The molecule has 2 amide bonds. The second-order valence-corrected chi connectivity index (χ2v) is 8.70. The summed E-state index contributed by atoms with van der Waals surface area (Å²) in [6.07, 6.45) is -0.682. The number of nitriles is 1. The molecule has 0 saturated carbocycles. The van der Waals surface area contributed by atoms with Crippen LogP contribution in [0.15, 0.2) is 47.4 Å². The van der Waals surface area contributed by atoms with E-state index in [1.165, 1.54) is 58.2 Å². The monoisotopic (exact) mass is 506 g/mol. The highest BCUT2D eigenvalue weighted by Crippen LogP contribution is 2.28. The Kier molecular flexibility index (Phi) is 9.10. The first-order valence-electron chi connectivity index (χ1n) is 10.4. The number of carbonyl (C=O) groups is 2. The van der Waals surface area contributed by atoms with E-state index >= 15 is 0 Å². The highest BCUT2D eigenvalue weighted by molar-refractivity contribution is 7.82. The van der Waals surface area contributed by atoms with Crippen LogP contribution in [-0.2, 0) is 25.3 Å². The van der Waals surface area contributed by atoms with Crippen molar-refractivity contribution in [2.24, 2.45) is 0 Å². The van der Waals surface area contributed by atoms with E-state index in [9.17, 15) is 18.2 Å². The smallest absolute Gasteiger partial charge is 0.409 e. The van der Waals surface area contributed by atoms with Gasteiger partial charge in [-0.15, -0.1) is 0 Å². The molecule has 2 N–H and O–H groups in total. The molecular weight excluding hydrogens is 483 g/mol. The van der Waals surface area contributed by atoms with Crippen LogP contribution in [0, 0.1) is 17.1 Å². The minimum Gasteiger partial charge on any atom is -0.454 e. The molecule has 35 heavy (non-hydrogen) atoms. The predicted molar refractivity (Wildman–Crippen MR) is 119 cm³/mol. The van der Waals surface area contributed by atoms with Crippen LogP contribution in [0.25, 0.3) is 0 Å². The van der Waals surface area contributed by atoms with Crippen LogP contribution < -0.4 is 10.2 Å². The molecule has 2 aromatic carbocycles. The Hall–Kier alpha value is -3.57. The second kappa shape index (κ2) is 12.2. The topological polar surface area (TPSA) is 141 Å². The minimum atomic E-state index is -2.00. The van der Waals surface area contributed by atoms with Gasteiger partial charge >= 0.3 is 6.09 Å². The summed E-state index contributed by atoms with van der Waals surface area (Å²) in [5.74, 6) is -1.48. The van der Waals surface area contributed by atoms with Crippen LogP contribution >= 0.6 is 0 Å². The number of piperazine rings is 1. The zero-order valence-electron chi connectivity index (χ0n) is 18.7. The van der Waals surface area contributed by atoms with Crippen molar-refractivity contribution in [3.63, 3.8) is 0 Å².